The number of primary amides is 1. The van der Waals surface area contributed by atoms with E-state index in [2.05, 4.69) is 10.3 Å². The van der Waals surface area contributed by atoms with E-state index in [4.69, 9.17) is 50.2 Å². The molecule has 0 spiro atoms. The van der Waals surface area contributed by atoms with Crippen molar-refractivity contribution < 1.29 is 36.4 Å². The third kappa shape index (κ3) is 5.91. The van der Waals surface area contributed by atoms with Gasteiger partial charge in [0, 0.05) is 30.2 Å². The monoisotopic (exact) mass is 669 g/mol. The quantitative estimate of drug-likeness (QED) is 0.0883. The average Bonchev–Trinajstić information content (AvgIpc) is 3.43. The first-order chi connectivity index (χ1) is 20.8. The van der Waals surface area contributed by atoms with E-state index in [0.29, 0.717) is 21.9 Å². The Morgan fingerprint density at radius 1 is 1.02 bits per heavy atom. The first-order valence-corrected chi connectivity index (χ1v) is 13.8. The van der Waals surface area contributed by atoms with Crippen molar-refractivity contribution >= 4 is 63.4 Å². The van der Waals surface area contributed by atoms with E-state index in [-0.39, 0.29) is 34.9 Å². The summed E-state index contributed by atoms with van der Waals surface area (Å²) in [5.74, 6) is -2.43. The Balaban J connectivity index is 1.50. The van der Waals surface area contributed by atoms with Gasteiger partial charge in [0.15, 0.2) is 5.82 Å². The average molecular weight is 671 g/mol. The lowest BCUT2D eigenvalue weighted by atomic mass is 9.84. The van der Waals surface area contributed by atoms with E-state index >= 15 is 0 Å². The molecule has 44 heavy (non-hydrogen) atoms. The van der Waals surface area contributed by atoms with Crippen molar-refractivity contribution in [1.82, 2.24) is 0 Å². The molecular formula is C30H19Cl3F5N3O3. The van der Waals surface area contributed by atoms with Crippen LogP contribution in [-0.2, 0) is 28.3 Å². The van der Waals surface area contributed by atoms with E-state index < -0.39 is 51.3 Å². The number of carbonyl (C=O) groups excluding carboxylic acids is 1. The highest BCUT2D eigenvalue weighted by Gasteiger charge is 2.62. The molecule has 0 bridgehead atoms. The lowest BCUT2D eigenvalue weighted by Crippen LogP contribution is -2.42. The SMILES string of the molecule is NC(=O)c1c(CC=NOCc2ccc(F)c(Cl)c2)cc(C2=NOC(c3cc(Cl)c(F)c(Cl)c3)(C(F)(F)F)C2)c2ccccc12. The van der Waals surface area contributed by atoms with Crippen molar-refractivity contribution in [3.8, 4) is 0 Å². The fourth-order valence-electron chi connectivity index (χ4n) is 4.89. The zero-order valence-electron chi connectivity index (χ0n) is 22.2. The van der Waals surface area contributed by atoms with Gasteiger partial charge in [0.2, 0.25) is 5.91 Å². The van der Waals surface area contributed by atoms with Crippen LogP contribution in [0.25, 0.3) is 10.8 Å². The van der Waals surface area contributed by atoms with Crippen LogP contribution in [0.4, 0.5) is 22.0 Å². The maximum atomic E-state index is 14.6. The van der Waals surface area contributed by atoms with Crippen molar-refractivity contribution in [3.05, 3.63) is 115 Å². The predicted octanol–water partition coefficient (Wildman–Crippen LogP) is 8.50. The molecule has 6 nitrogen and oxygen atoms in total. The van der Waals surface area contributed by atoms with E-state index in [1.165, 1.54) is 30.5 Å². The molecule has 0 aliphatic carbocycles. The Morgan fingerprint density at radius 2 is 1.70 bits per heavy atom. The summed E-state index contributed by atoms with van der Waals surface area (Å²) in [6, 6.07) is 13.6. The maximum absolute atomic E-state index is 14.6. The van der Waals surface area contributed by atoms with Crippen LogP contribution in [0.3, 0.4) is 0 Å². The standard InChI is InChI=1S/C30H19Cl3F5N3O3/c31-21-9-15(5-6-24(21)34)14-43-40-8-7-16-10-20(18-3-1-2-4-19(18)26(16)28(39)42)25-13-29(44-41-25,30(36,37)38)17-11-22(32)27(35)23(33)12-17/h1-6,8-12H,7,13-14H2,(H2,39,42). The van der Waals surface area contributed by atoms with E-state index in [0.717, 1.165) is 12.1 Å². The number of halogens is 8. The number of rotatable bonds is 8. The smallest absolute Gasteiger partial charge is 0.391 e. The Hall–Kier alpha value is -3.93. The Morgan fingerprint density at radius 3 is 2.34 bits per heavy atom. The second-order valence-corrected chi connectivity index (χ2v) is 11.0. The second kappa shape index (κ2) is 12.2. The van der Waals surface area contributed by atoms with Crippen LogP contribution in [0.15, 0.2) is 71.0 Å². The molecule has 0 saturated heterocycles. The molecule has 228 valence electrons. The first kappa shape index (κ1) is 31.5. The second-order valence-electron chi connectivity index (χ2n) is 9.77. The van der Waals surface area contributed by atoms with Gasteiger partial charge in [-0.3, -0.25) is 4.79 Å². The Bertz CT molecular complexity index is 1830. The molecule has 0 saturated carbocycles. The molecule has 1 amide bonds. The van der Waals surface area contributed by atoms with Crippen LogP contribution in [0.5, 0.6) is 0 Å². The number of nitrogens with zero attached hydrogens (tertiary/aromatic N) is 2. The highest BCUT2D eigenvalue weighted by Crippen LogP contribution is 2.50. The topological polar surface area (TPSA) is 86.3 Å². The van der Waals surface area contributed by atoms with Crippen LogP contribution >= 0.6 is 34.8 Å². The summed E-state index contributed by atoms with van der Waals surface area (Å²) in [5, 5.41) is 7.12. The molecular weight excluding hydrogens is 652 g/mol. The largest absolute Gasteiger partial charge is 0.435 e. The number of hydrogen-bond acceptors (Lipinski definition) is 5. The lowest BCUT2D eigenvalue weighted by Gasteiger charge is -2.30. The van der Waals surface area contributed by atoms with Gasteiger partial charge >= 0.3 is 6.18 Å². The fourth-order valence-corrected chi connectivity index (χ4v) is 5.58. The number of hydrogen-bond donors (Lipinski definition) is 1. The van der Waals surface area contributed by atoms with Gasteiger partial charge in [0.25, 0.3) is 5.60 Å². The lowest BCUT2D eigenvalue weighted by molar-refractivity contribution is -0.275. The summed E-state index contributed by atoms with van der Waals surface area (Å²) >= 11 is 17.4. The highest BCUT2D eigenvalue weighted by molar-refractivity contribution is 6.35. The van der Waals surface area contributed by atoms with E-state index in [9.17, 15) is 26.7 Å². The normalized spacial score (nSPS) is 16.8. The number of fused-ring (bicyclic) bond motifs is 1. The summed E-state index contributed by atoms with van der Waals surface area (Å²) in [5.41, 5.74) is 3.29. The number of carbonyl (C=O) groups is 1. The van der Waals surface area contributed by atoms with Gasteiger partial charge in [-0.15, -0.1) is 0 Å². The fraction of sp³-hybridized carbons (Fsp3) is 0.167. The van der Waals surface area contributed by atoms with Crippen molar-refractivity contribution in [1.29, 1.82) is 0 Å². The summed E-state index contributed by atoms with van der Waals surface area (Å²) in [4.78, 5) is 22.9. The van der Waals surface area contributed by atoms with Gasteiger partial charge < -0.3 is 15.4 Å². The predicted molar refractivity (Wildman–Crippen MR) is 157 cm³/mol. The molecule has 1 unspecified atom stereocenters. The molecule has 1 aliphatic heterocycles. The number of nitrogens with two attached hydrogens (primary N) is 1. The Kier molecular flexibility index (Phi) is 8.75. The molecule has 0 aromatic heterocycles. The molecule has 0 radical (unpaired) electrons. The number of amides is 1. The molecule has 14 heteroatoms. The van der Waals surface area contributed by atoms with Crippen LogP contribution in [0, 0.1) is 11.6 Å². The van der Waals surface area contributed by atoms with Crippen LogP contribution < -0.4 is 5.73 Å². The van der Waals surface area contributed by atoms with Crippen molar-refractivity contribution in [2.24, 2.45) is 16.0 Å². The minimum absolute atomic E-state index is 0.0119. The first-order valence-electron chi connectivity index (χ1n) is 12.7. The molecule has 1 atom stereocenters. The molecule has 5 rings (SSSR count). The summed E-state index contributed by atoms with van der Waals surface area (Å²) in [6.45, 7) is -0.0345. The number of alkyl halides is 3. The molecule has 4 aromatic rings. The summed E-state index contributed by atoms with van der Waals surface area (Å²) in [6.07, 6.45) is -4.51. The van der Waals surface area contributed by atoms with Gasteiger partial charge in [-0.05, 0) is 52.2 Å². The number of oxime groups is 2. The van der Waals surface area contributed by atoms with Crippen molar-refractivity contribution in [2.45, 2.75) is 31.2 Å². The van der Waals surface area contributed by atoms with E-state index in [1.54, 1.807) is 24.3 Å². The third-order valence-electron chi connectivity index (χ3n) is 7.00. The van der Waals surface area contributed by atoms with Crippen molar-refractivity contribution in [2.75, 3.05) is 0 Å². The minimum Gasteiger partial charge on any atom is -0.391 e. The van der Waals surface area contributed by atoms with Gasteiger partial charge in [-0.2, -0.15) is 13.2 Å². The van der Waals surface area contributed by atoms with Gasteiger partial charge in [-0.25, -0.2) is 8.78 Å². The van der Waals surface area contributed by atoms with Crippen LogP contribution in [0.1, 0.15) is 39.0 Å². The molecule has 2 N–H and O–H groups in total. The minimum atomic E-state index is -5.02. The zero-order chi connectivity index (χ0) is 31.8. The van der Waals surface area contributed by atoms with Crippen molar-refractivity contribution in [3.63, 3.8) is 0 Å². The molecule has 0 fully saturated rings. The van der Waals surface area contributed by atoms with Gasteiger partial charge in [0.05, 0.1) is 26.3 Å². The molecule has 1 aliphatic rings. The van der Waals surface area contributed by atoms with E-state index in [1.807, 2.05) is 0 Å². The van der Waals surface area contributed by atoms with Crippen LogP contribution in [-0.4, -0.2) is 24.0 Å². The third-order valence-corrected chi connectivity index (χ3v) is 7.83. The van der Waals surface area contributed by atoms with Gasteiger partial charge in [-0.1, -0.05) is 75.4 Å². The molecule has 4 aromatic carbocycles. The summed E-state index contributed by atoms with van der Waals surface area (Å²) < 4.78 is 71.3. The Labute approximate surface area is 261 Å². The zero-order valence-corrected chi connectivity index (χ0v) is 24.5. The summed E-state index contributed by atoms with van der Waals surface area (Å²) in [7, 11) is 0. The highest BCUT2D eigenvalue weighted by atomic mass is 35.5. The van der Waals surface area contributed by atoms with Crippen LogP contribution in [0.2, 0.25) is 15.1 Å². The maximum Gasteiger partial charge on any atom is 0.435 e. The number of benzene rings is 4. The van der Waals surface area contributed by atoms with Gasteiger partial charge in [0.1, 0.15) is 12.4 Å². The molecule has 1 heterocycles.